The summed E-state index contributed by atoms with van der Waals surface area (Å²) in [6, 6.07) is 11.8. The van der Waals surface area contributed by atoms with Crippen LogP contribution in [-0.4, -0.2) is 28.8 Å². The fraction of sp³-hybridized carbons (Fsp3) is 0.200. The highest BCUT2D eigenvalue weighted by Gasteiger charge is 2.22. The summed E-state index contributed by atoms with van der Waals surface area (Å²) < 4.78 is 7.02. The Morgan fingerprint density at radius 2 is 2.07 bits per heavy atom. The molecule has 7 heteroatoms. The van der Waals surface area contributed by atoms with Gasteiger partial charge in [-0.3, -0.25) is 10.2 Å². The highest BCUT2D eigenvalue weighted by Crippen LogP contribution is 2.34. The lowest BCUT2D eigenvalue weighted by Crippen LogP contribution is -2.30. The van der Waals surface area contributed by atoms with Crippen LogP contribution < -0.4 is 21.3 Å². The van der Waals surface area contributed by atoms with E-state index >= 15 is 0 Å². The largest absolute Gasteiger partial charge is 0.497 e. The van der Waals surface area contributed by atoms with E-state index in [9.17, 15) is 4.79 Å². The number of anilines is 1. The van der Waals surface area contributed by atoms with Gasteiger partial charge in [0.1, 0.15) is 5.75 Å². The zero-order valence-electron chi connectivity index (χ0n) is 15.2. The minimum atomic E-state index is -0.425. The van der Waals surface area contributed by atoms with Crippen LogP contribution in [0.25, 0.3) is 22.7 Å². The molecule has 7 nitrogen and oxygen atoms in total. The number of ether oxygens (including phenoxy) is 1. The number of hydrogen-bond donors (Lipinski definition) is 3. The summed E-state index contributed by atoms with van der Waals surface area (Å²) in [5.74, 6) is 5.70. The number of nitrogens with one attached hydrogen (secondary N) is 2. The number of carbonyl (C=O) groups is 1. The molecule has 4 N–H and O–H groups in total. The van der Waals surface area contributed by atoms with Gasteiger partial charge in [0.25, 0.3) is 5.91 Å². The van der Waals surface area contributed by atoms with Crippen LogP contribution in [0.4, 0.5) is 5.69 Å². The van der Waals surface area contributed by atoms with E-state index in [1.165, 1.54) is 0 Å². The second kappa shape index (κ2) is 6.77. The van der Waals surface area contributed by atoms with Crippen molar-refractivity contribution in [2.24, 2.45) is 5.84 Å². The van der Waals surface area contributed by atoms with E-state index in [4.69, 9.17) is 10.6 Å². The monoisotopic (exact) mass is 363 g/mol. The summed E-state index contributed by atoms with van der Waals surface area (Å²) >= 11 is 0. The van der Waals surface area contributed by atoms with Crippen molar-refractivity contribution < 1.29 is 9.53 Å². The molecule has 0 radical (unpaired) electrons. The molecule has 138 valence electrons. The number of aromatic nitrogens is 2. The first-order valence-electron chi connectivity index (χ1n) is 8.76. The van der Waals surface area contributed by atoms with Crippen molar-refractivity contribution in [2.45, 2.75) is 19.4 Å². The van der Waals surface area contributed by atoms with Gasteiger partial charge in [0.15, 0.2) is 5.69 Å². The fourth-order valence-corrected chi connectivity index (χ4v) is 3.39. The molecule has 0 fully saturated rings. The molecule has 0 saturated heterocycles. The lowest BCUT2D eigenvalue weighted by Gasteiger charge is -2.14. The first-order valence-corrected chi connectivity index (χ1v) is 8.76. The molecule has 0 saturated carbocycles. The summed E-state index contributed by atoms with van der Waals surface area (Å²) in [6.07, 6.45) is 5.14. The summed E-state index contributed by atoms with van der Waals surface area (Å²) in [5.41, 5.74) is 6.17. The Balaban J connectivity index is 2.01. The van der Waals surface area contributed by atoms with Crippen LogP contribution in [0.3, 0.4) is 0 Å². The molecule has 3 aromatic rings. The van der Waals surface area contributed by atoms with Crippen LogP contribution in [0.5, 0.6) is 5.75 Å². The quantitative estimate of drug-likeness (QED) is 0.378. The van der Waals surface area contributed by atoms with Crippen LogP contribution in [0.2, 0.25) is 0 Å². The number of benzene rings is 2. The molecular weight excluding hydrogens is 342 g/mol. The van der Waals surface area contributed by atoms with Crippen molar-refractivity contribution in [1.82, 2.24) is 15.2 Å². The van der Waals surface area contributed by atoms with Crippen molar-refractivity contribution in [3.8, 4) is 11.4 Å². The van der Waals surface area contributed by atoms with Gasteiger partial charge in [-0.05, 0) is 49.7 Å². The molecule has 0 spiro atoms. The van der Waals surface area contributed by atoms with Crippen LogP contribution >= 0.6 is 0 Å². The first kappa shape index (κ1) is 17.1. The minimum Gasteiger partial charge on any atom is -0.497 e. The zero-order valence-corrected chi connectivity index (χ0v) is 15.2. The van der Waals surface area contributed by atoms with Gasteiger partial charge < -0.3 is 10.1 Å². The van der Waals surface area contributed by atoms with Crippen LogP contribution in [0.15, 0.2) is 42.5 Å². The van der Waals surface area contributed by atoms with Crippen molar-refractivity contribution in [2.75, 3.05) is 12.4 Å². The molecule has 1 amide bonds. The number of rotatable bonds is 3. The van der Waals surface area contributed by atoms with Crippen molar-refractivity contribution >= 4 is 28.6 Å². The number of hydrazine groups is 1. The standard InChI is InChI=1S/C20H21N5O2/c1-12-4-3-5-15-17(22-12)11-10-16-18(20(26)23-21)24-25(19(15)16)13-6-8-14(27-2)9-7-13/h3,5-12,22H,4,21H2,1-2H3,(H,23,26). The number of methoxy groups -OCH3 is 1. The number of fused-ring (bicyclic) bond motifs is 3. The van der Waals surface area contributed by atoms with E-state index in [1.807, 2.05) is 36.4 Å². The van der Waals surface area contributed by atoms with Crippen LogP contribution in [-0.2, 0) is 0 Å². The van der Waals surface area contributed by atoms with E-state index in [0.29, 0.717) is 6.04 Å². The lowest BCUT2D eigenvalue weighted by atomic mass is 10.1. The molecule has 1 unspecified atom stereocenters. The third-order valence-corrected chi connectivity index (χ3v) is 4.72. The van der Waals surface area contributed by atoms with Gasteiger partial charge in [-0.1, -0.05) is 12.2 Å². The molecule has 1 aliphatic rings. The summed E-state index contributed by atoms with van der Waals surface area (Å²) in [5, 5.41) is 8.82. The Morgan fingerprint density at radius 1 is 1.30 bits per heavy atom. The van der Waals surface area contributed by atoms with Gasteiger partial charge in [0.2, 0.25) is 0 Å². The van der Waals surface area contributed by atoms with E-state index < -0.39 is 5.91 Å². The summed E-state index contributed by atoms with van der Waals surface area (Å²) in [4.78, 5) is 12.3. The molecule has 0 bridgehead atoms. The Morgan fingerprint density at radius 3 is 2.78 bits per heavy atom. The number of amides is 1. The average Bonchev–Trinajstić information content (AvgIpc) is 2.97. The average molecular weight is 363 g/mol. The molecule has 4 rings (SSSR count). The second-order valence-corrected chi connectivity index (χ2v) is 6.54. The number of carbonyl (C=O) groups excluding carboxylic acids is 1. The number of hydrogen-bond acceptors (Lipinski definition) is 5. The number of nitrogens with two attached hydrogens (primary N) is 1. The molecule has 1 atom stereocenters. The van der Waals surface area contributed by atoms with Crippen LogP contribution in [0, 0.1) is 0 Å². The fourth-order valence-electron chi connectivity index (χ4n) is 3.39. The van der Waals surface area contributed by atoms with Gasteiger partial charge in [-0.2, -0.15) is 5.10 Å². The summed E-state index contributed by atoms with van der Waals surface area (Å²) in [7, 11) is 1.62. The highest BCUT2D eigenvalue weighted by atomic mass is 16.5. The van der Waals surface area contributed by atoms with Gasteiger partial charge in [-0.25, -0.2) is 10.5 Å². The third kappa shape index (κ3) is 2.92. The highest BCUT2D eigenvalue weighted by molar-refractivity contribution is 6.08. The maximum Gasteiger partial charge on any atom is 0.286 e. The molecule has 2 heterocycles. The van der Waals surface area contributed by atoms with Gasteiger partial charge >= 0.3 is 0 Å². The SMILES string of the molecule is COc1ccc(-n2nc(C(=O)NN)c3ccc4c(c32)C=CCC(C)N4)cc1. The maximum atomic E-state index is 12.3. The van der Waals surface area contributed by atoms with Gasteiger partial charge in [-0.15, -0.1) is 0 Å². The number of nitrogens with zero attached hydrogens (tertiary/aromatic N) is 2. The van der Waals surface area contributed by atoms with E-state index in [2.05, 4.69) is 34.9 Å². The number of nitrogen functional groups attached to an aromatic ring is 1. The van der Waals surface area contributed by atoms with Crippen LogP contribution in [0.1, 0.15) is 29.4 Å². The molecule has 1 aliphatic heterocycles. The molecule has 27 heavy (non-hydrogen) atoms. The topological polar surface area (TPSA) is 94.2 Å². The Bertz CT molecular complexity index is 1040. The predicted molar refractivity (Wildman–Crippen MR) is 106 cm³/mol. The van der Waals surface area contributed by atoms with Gasteiger partial charge in [0.05, 0.1) is 18.3 Å². The third-order valence-electron chi connectivity index (χ3n) is 4.72. The van der Waals surface area contributed by atoms with E-state index in [-0.39, 0.29) is 5.69 Å². The predicted octanol–water partition coefficient (Wildman–Crippen LogP) is 2.85. The molecule has 1 aromatic heterocycles. The lowest BCUT2D eigenvalue weighted by molar-refractivity contribution is 0.0950. The Labute approximate surface area is 156 Å². The maximum absolute atomic E-state index is 12.3. The smallest absolute Gasteiger partial charge is 0.286 e. The van der Waals surface area contributed by atoms with Crippen molar-refractivity contribution in [1.29, 1.82) is 0 Å². The normalized spacial score (nSPS) is 15.7. The molecule has 0 aliphatic carbocycles. The first-order chi connectivity index (χ1) is 13.1. The minimum absolute atomic E-state index is 0.289. The second-order valence-electron chi connectivity index (χ2n) is 6.54. The molecule has 2 aromatic carbocycles. The molecular formula is C20H21N5O2. The summed E-state index contributed by atoms with van der Waals surface area (Å²) in [6.45, 7) is 2.14. The van der Waals surface area contributed by atoms with E-state index in [0.717, 1.165) is 40.0 Å². The Kier molecular flexibility index (Phi) is 4.29. The van der Waals surface area contributed by atoms with Crippen molar-refractivity contribution in [3.63, 3.8) is 0 Å². The van der Waals surface area contributed by atoms with Gasteiger partial charge in [0, 0.05) is 22.7 Å². The van der Waals surface area contributed by atoms with E-state index in [1.54, 1.807) is 11.8 Å². The van der Waals surface area contributed by atoms with Crippen molar-refractivity contribution in [3.05, 3.63) is 53.7 Å². The zero-order chi connectivity index (χ0) is 19.0. The Hall–Kier alpha value is -3.32.